The Balaban J connectivity index is 3.46. The van der Waals surface area contributed by atoms with Crippen LogP contribution < -0.4 is 15.3 Å². The molecule has 1 rings (SSSR count). The first kappa shape index (κ1) is 12.9. The Morgan fingerprint density at radius 1 is 1.31 bits per heavy atom. The number of rotatable bonds is 3. The van der Waals surface area contributed by atoms with Crippen LogP contribution in [0.1, 0.15) is 0 Å². The number of ether oxygens (including phenoxy) is 1. The number of benzene rings is 1. The second-order valence-electron chi connectivity index (χ2n) is 3.03. The molecule has 0 saturated heterocycles. The minimum Gasteiger partial charge on any atom is -0.495 e. The fourth-order valence-corrected chi connectivity index (χ4v) is 1.85. The maximum atomic E-state index is 12.4. The minimum absolute atomic E-state index is 0.216. The highest BCUT2D eigenvalue weighted by Gasteiger charge is 2.28. The molecule has 0 spiro atoms. The summed E-state index contributed by atoms with van der Waals surface area (Å²) in [5.74, 6) is -0.216. The summed E-state index contributed by atoms with van der Waals surface area (Å²) in [6.45, 7) is -5.27. The highest BCUT2D eigenvalue weighted by atomic mass is 32.2. The molecule has 9 heteroatoms. The van der Waals surface area contributed by atoms with Gasteiger partial charge in [0.05, 0.1) is 7.11 Å². The topological polar surface area (TPSA) is 69.4 Å². The second kappa shape index (κ2) is 3.98. The number of hydrogen-bond acceptors (Lipinski definition) is 3. The van der Waals surface area contributed by atoms with Crippen molar-refractivity contribution < 1.29 is 26.1 Å². The van der Waals surface area contributed by atoms with Crippen LogP contribution in [0.25, 0.3) is 0 Å². The van der Waals surface area contributed by atoms with Gasteiger partial charge in [0.1, 0.15) is 10.6 Å². The monoisotopic (exact) mass is 254 g/mol. The molecule has 1 aromatic rings. The van der Waals surface area contributed by atoms with Crippen LogP contribution in [0, 0.1) is 0 Å². The Morgan fingerprint density at radius 3 is 2.25 bits per heavy atom. The summed E-state index contributed by atoms with van der Waals surface area (Å²) in [4.78, 5) is -0.674. The average Bonchev–Trinajstić information content (AvgIpc) is 2.14. The normalized spacial score (nSPS) is 12.6. The summed E-state index contributed by atoms with van der Waals surface area (Å²) < 4.78 is 63.8. The summed E-state index contributed by atoms with van der Waals surface area (Å²) >= 11 is 0. The standard InChI is InChI=1S/C7H8BF3NO3S/c1-15-6-3-2-5(8(9,10)11)4-7(6)16(12,13)14/h2-4H,1H3,(H2,12,13,14)/q-1. The number of nitrogens with two attached hydrogens (primary N) is 1. The van der Waals surface area contributed by atoms with Crippen LogP contribution >= 0.6 is 0 Å². The van der Waals surface area contributed by atoms with Crippen molar-refractivity contribution in [2.24, 2.45) is 5.14 Å². The second-order valence-corrected chi connectivity index (χ2v) is 4.56. The first-order valence-electron chi connectivity index (χ1n) is 4.07. The van der Waals surface area contributed by atoms with Gasteiger partial charge in [-0.2, -0.15) is 0 Å². The van der Waals surface area contributed by atoms with Crippen LogP contribution in [0.15, 0.2) is 23.1 Å². The molecule has 16 heavy (non-hydrogen) atoms. The van der Waals surface area contributed by atoms with E-state index in [0.29, 0.717) is 6.07 Å². The molecule has 0 radical (unpaired) electrons. The summed E-state index contributed by atoms with van der Waals surface area (Å²) in [6, 6.07) is 2.13. The maximum Gasteiger partial charge on any atom is 0.509 e. The molecular weight excluding hydrogens is 246 g/mol. The zero-order chi connectivity index (χ0) is 12.6. The van der Waals surface area contributed by atoms with Gasteiger partial charge in [0, 0.05) is 0 Å². The molecule has 0 aliphatic heterocycles. The molecule has 0 bridgehead atoms. The molecule has 0 atom stereocenters. The molecule has 0 aliphatic carbocycles. The Bertz CT molecular complexity index is 500. The quantitative estimate of drug-likeness (QED) is 0.793. The fraction of sp³-hybridized carbons (Fsp3) is 0.143. The Labute approximate surface area is 90.3 Å². The van der Waals surface area contributed by atoms with Crippen molar-refractivity contribution in [2.45, 2.75) is 4.90 Å². The molecule has 1 aromatic carbocycles. The van der Waals surface area contributed by atoms with Gasteiger partial charge in [-0.15, -0.1) is 5.46 Å². The van der Waals surface area contributed by atoms with Gasteiger partial charge in [0.2, 0.25) is 10.0 Å². The summed E-state index contributed by atoms with van der Waals surface area (Å²) in [6.07, 6.45) is 0. The van der Waals surface area contributed by atoms with Crippen LogP contribution in [0.5, 0.6) is 5.75 Å². The largest absolute Gasteiger partial charge is 0.509 e. The predicted octanol–water partition coefficient (Wildman–Crippen LogP) is 0.397. The van der Waals surface area contributed by atoms with Crippen molar-refractivity contribution >= 4 is 22.5 Å². The molecule has 2 N–H and O–H groups in total. The fourth-order valence-electron chi connectivity index (χ4n) is 1.12. The Kier molecular flexibility index (Phi) is 3.20. The lowest BCUT2D eigenvalue weighted by molar-refractivity contribution is 0.402. The van der Waals surface area contributed by atoms with Crippen LogP contribution in [-0.2, 0) is 10.0 Å². The molecule has 0 aromatic heterocycles. The van der Waals surface area contributed by atoms with Crippen molar-refractivity contribution in [3.05, 3.63) is 18.2 Å². The van der Waals surface area contributed by atoms with Gasteiger partial charge in [-0.3, -0.25) is 0 Å². The van der Waals surface area contributed by atoms with E-state index in [9.17, 15) is 21.4 Å². The molecule has 0 aliphatic rings. The zero-order valence-corrected chi connectivity index (χ0v) is 8.97. The van der Waals surface area contributed by atoms with Crippen LogP contribution in [0.3, 0.4) is 0 Å². The highest BCUT2D eigenvalue weighted by molar-refractivity contribution is 7.89. The first-order chi connectivity index (χ1) is 7.16. The van der Waals surface area contributed by atoms with E-state index in [0.717, 1.165) is 19.2 Å². The highest BCUT2D eigenvalue weighted by Crippen LogP contribution is 2.22. The van der Waals surface area contributed by atoms with E-state index in [1.54, 1.807) is 0 Å². The number of primary sulfonamides is 1. The van der Waals surface area contributed by atoms with E-state index in [-0.39, 0.29) is 5.75 Å². The predicted molar refractivity (Wildman–Crippen MR) is 53.1 cm³/mol. The third kappa shape index (κ3) is 2.67. The van der Waals surface area contributed by atoms with Gasteiger partial charge in [-0.05, 0) is 6.07 Å². The molecule has 0 heterocycles. The molecular formula is C7H8BF3NO3S-. The van der Waals surface area contributed by atoms with Crippen LogP contribution in [0.4, 0.5) is 12.9 Å². The zero-order valence-electron chi connectivity index (χ0n) is 8.15. The van der Waals surface area contributed by atoms with Gasteiger partial charge in [-0.25, -0.2) is 13.6 Å². The molecule has 0 unspecified atom stereocenters. The van der Waals surface area contributed by atoms with E-state index in [4.69, 9.17) is 5.14 Å². The minimum atomic E-state index is -5.27. The van der Waals surface area contributed by atoms with Crippen molar-refractivity contribution in [3.63, 3.8) is 0 Å². The summed E-state index contributed by atoms with van der Waals surface area (Å²) in [5, 5.41) is 4.78. The van der Waals surface area contributed by atoms with Crippen molar-refractivity contribution in [2.75, 3.05) is 7.11 Å². The molecule has 4 nitrogen and oxygen atoms in total. The Hall–Kier alpha value is -1.22. The number of hydrogen-bond donors (Lipinski definition) is 1. The number of methoxy groups -OCH3 is 1. The van der Waals surface area contributed by atoms with Gasteiger partial charge in [-0.1, -0.05) is 12.1 Å². The smallest absolute Gasteiger partial charge is 0.495 e. The van der Waals surface area contributed by atoms with Gasteiger partial charge < -0.3 is 17.7 Å². The van der Waals surface area contributed by atoms with Crippen LogP contribution in [0.2, 0.25) is 0 Å². The van der Waals surface area contributed by atoms with E-state index in [1.165, 1.54) is 0 Å². The summed E-state index contributed by atoms with van der Waals surface area (Å²) in [5.41, 5.74) is -1.04. The molecule has 90 valence electrons. The van der Waals surface area contributed by atoms with Crippen molar-refractivity contribution in [1.29, 1.82) is 0 Å². The van der Waals surface area contributed by atoms with Gasteiger partial charge >= 0.3 is 6.98 Å². The maximum absolute atomic E-state index is 12.4. The third-order valence-corrected chi connectivity index (χ3v) is 2.80. The molecule has 0 fully saturated rings. The SMILES string of the molecule is COc1ccc([B-](F)(F)F)cc1S(N)(=O)=O. The lowest BCUT2D eigenvalue weighted by Crippen LogP contribution is -2.34. The Morgan fingerprint density at radius 2 is 1.88 bits per heavy atom. The lowest BCUT2D eigenvalue weighted by atomic mass is 9.80. The number of halogens is 3. The van der Waals surface area contributed by atoms with E-state index in [2.05, 4.69) is 4.74 Å². The average molecular weight is 254 g/mol. The van der Waals surface area contributed by atoms with Gasteiger partial charge in [0.15, 0.2) is 0 Å². The van der Waals surface area contributed by atoms with E-state index >= 15 is 0 Å². The lowest BCUT2D eigenvalue weighted by Gasteiger charge is -2.16. The molecule has 0 saturated carbocycles. The van der Waals surface area contributed by atoms with Crippen molar-refractivity contribution in [3.8, 4) is 5.75 Å². The van der Waals surface area contributed by atoms with E-state index in [1.807, 2.05) is 0 Å². The van der Waals surface area contributed by atoms with Crippen LogP contribution in [-0.4, -0.2) is 22.5 Å². The van der Waals surface area contributed by atoms with E-state index < -0.39 is 27.4 Å². The van der Waals surface area contributed by atoms with Gasteiger partial charge in [0.25, 0.3) is 0 Å². The molecule has 0 amide bonds. The summed E-state index contributed by atoms with van der Waals surface area (Å²) in [7, 11) is -3.10. The number of sulfonamides is 1. The van der Waals surface area contributed by atoms with Crippen molar-refractivity contribution in [1.82, 2.24) is 0 Å². The third-order valence-electron chi connectivity index (χ3n) is 1.87. The first-order valence-corrected chi connectivity index (χ1v) is 5.61.